The van der Waals surface area contributed by atoms with Crippen molar-refractivity contribution in [2.45, 2.75) is 13.1 Å². The molecule has 2 heterocycles. The molecule has 0 aliphatic carbocycles. The number of pyridine rings is 1. The second-order valence-electron chi connectivity index (χ2n) is 8.05. The highest BCUT2D eigenvalue weighted by Crippen LogP contribution is 2.30. The van der Waals surface area contributed by atoms with Gasteiger partial charge in [0.25, 0.3) is 11.8 Å². The van der Waals surface area contributed by atoms with E-state index < -0.39 is 23.6 Å². The van der Waals surface area contributed by atoms with Crippen LogP contribution in [-0.4, -0.2) is 43.1 Å². The predicted octanol–water partition coefficient (Wildman–Crippen LogP) is 4.75. The molecule has 0 radical (unpaired) electrons. The van der Waals surface area contributed by atoms with Crippen LogP contribution in [0.25, 0.3) is 0 Å². The van der Waals surface area contributed by atoms with Gasteiger partial charge in [0.1, 0.15) is 0 Å². The van der Waals surface area contributed by atoms with E-state index >= 15 is 0 Å². The molecule has 0 bridgehead atoms. The Morgan fingerprint density at radius 3 is 2.43 bits per heavy atom. The molecule has 0 saturated carbocycles. The number of aryl methyl sites for hydroxylation is 1. The first kappa shape index (κ1) is 24.2. The molecule has 2 N–H and O–H groups in total. The maximum absolute atomic E-state index is 13.0. The molecular weight excluding hydrogens is 461 g/mol. The summed E-state index contributed by atoms with van der Waals surface area (Å²) in [6, 6.07) is 10.7. The third kappa shape index (κ3) is 5.96. The van der Waals surface area contributed by atoms with E-state index in [9.17, 15) is 22.8 Å². The summed E-state index contributed by atoms with van der Waals surface area (Å²) < 4.78 is 44.3. The molecule has 2 aromatic carbocycles. The van der Waals surface area contributed by atoms with Crippen molar-refractivity contribution >= 4 is 28.9 Å². The summed E-state index contributed by atoms with van der Waals surface area (Å²) in [5.74, 6) is -1.12. The summed E-state index contributed by atoms with van der Waals surface area (Å²) in [5, 5.41) is 5.38. The molecule has 1 aliphatic heterocycles. The summed E-state index contributed by atoms with van der Waals surface area (Å²) in [5.41, 5.74) is 1.57. The van der Waals surface area contributed by atoms with Gasteiger partial charge in [-0.05, 0) is 48.9 Å². The minimum atomic E-state index is -4.56. The number of nitrogens with one attached hydrogen (secondary N) is 2. The van der Waals surface area contributed by atoms with E-state index in [4.69, 9.17) is 4.74 Å². The number of morpholine rings is 1. The molecule has 35 heavy (non-hydrogen) atoms. The van der Waals surface area contributed by atoms with E-state index in [0.717, 1.165) is 30.9 Å². The Bertz CT molecular complexity index is 1240. The number of halogens is 3. The first-order chi connectivity index (χ1) is 16.7. The van der Waals surface area contributed by atoms with Crippen LogP contribution in [0.4, 0.5) is 30.2 Å². The van der Waals surface area contributed by atoms with E-state index in [2.05, 4.69) is 20.5 Å². The van der Waals surface area contributed by atoms with Crippen LogP contribution in [0.1, 0.15) is 31.8 Å². The van der Waals surface area contributed by atoms with Crippen LogP contribution >= 0.6 is 0 Å². The van der Waals surface area contributed by atoms with Gasteiger partial charge in [-0.25, -0.2) is 0 Å². The van der Waals surface area contributed by atoms with Crippen molar-refractivity contribution in [2.75, 3.05) is 41.8 Å². The van der Waals surface area contributed by atoms with E-state index in [1.807, 2.05) is 6.07 Å². The van der Waals surface area contributed by atoms with Gasteiger partial charge in [-0.3, -0.25) is 14.6 Å². The van der Waals surface area contributed by atoms with E-state index in [0.29, 0.717) is 30.0 Å². The number of alkyl halides is 3. The zero-order chi connectivity index (χ0) is 25.0. The predicted molar refractivity (Wildman–Crippen MR) is 126 cm³/mol. The maximum atomic E-state index is 13.0. The van der Waals surface area contributed by atoms with Crippen molar-refractivity contribution in [1.82, 2.24) is 4.98 Å². The van der Waals surface area contributed by atoms with E-state index in [1.54, 1.807) is 25.3 Å². The smallest absolute Gasteiger partial charge is 0.378 e. The molecule has 0 spiro atoms. The molecule has 4 rings (SSSR count). The van der Waals surface area contributed by atoms with E-state index in [1.165, 1.54) is 24.4 Å². The van der Waals surface area contributed by atoms with Crippen LogP contribution in [0, 0.1) is 6.92 Å². The molecule has 1 saturated heterocycles. The quantitative estimate of drug-likeness (QED) is 0.546. The fourth-order valence-corrected chi connectivity index (χ4v) is 3.67. The lowest BCUT2D eigenvalue weighted by Gasteiger charge is -2.28. The number of aromatic nitrogens is 1. The number of hydrogen-bond donors (Lipinski definition) is 2. The molecule has 1 fully saturated rings. The molecular formula is C25H23F3N4O3. The Kier molecular flexibility index (Phi) is 7.02. The Morgan fingerprint density at radius 1 is 0.943 bits per heavy atom. The number of ether oxygens (including phenoxy) is 1. The number of rotatable bonds is 5. The van der Waals surface area contributed by atoms with Gasteiger partial charge < -0.3 is 20.3 Å². The number of benzene rings is 2. The van der Waals surface area contributed by atoms with Gasteiger partial charge in [-0.2, -0.15) is 13.2 Å². The normalized spacial score (nSPS) is 13.9. The topological polar surface area (TPSA) is 83.6 Å². The first-order valence-corrected chi connectivity index (χ1v) is 10.9. The third-order valence-corrected chi connectivity index (χ3v) is 5.55. The lowest BCUT2D eigenvalue weighted by Crippen LogP contribution is -2.36. The van der Waals surface area contributed by atoms with Gasteiger partial charge in [-0.15, -0.1) is 0 Å². The van der Waals surface area contributed by atoms with Crippen molar-refractivity contribution < 1.29 is 27.5 Å². The molecule has 1 aliphatic rings. The van der Waals surface area contributed by atoms with Gasteiger partial charge >= 0.3 is 6.18 Å². The molecule has 10 heteroatoms. The lowest BCUT2D eigenvalue weighted by atomic mass is 10.1. The van der Waals surface area contributed by atoms with E-state index in [-0.39, 0.29) is 11.3 Å². The average molecular weight is 484 g/mol. The first-order valence-electron chi connectivity index (χ1n) is 10.9. The average Bonchev–Trinajstić information content (AvgIpc) is 2.85. The monoisotopic (exact) mass is 484 g/mol. The van der Waals surface area contributed by atoms with Gasteiger partial charge in [0.15, 0.2) is 0 Å². The fourth-order valence-electron chi connectivity index (χ4n) is 3.67. The molecule has 7 nitrogen and oxygen atoms in total. The molecule has 3 aromatic rings. The molecule has 0 atom stereocenters. The van der Waals surface area contributed by atoms with Crippen molar-refractivity contribution in [1.29, 1.82) is 0 Å². The largest absolute Gasteiger partial charge is 0.416 e. The fraction of sp³-hybridized carbons (Fsp3) is 0.240. The Hall–Kier alpha value is -3.92. The third-order valence-electron chi connectivity index (χ3n) is 5.55. The standard InChI is InChI=1S/C25H23F3N4O3/c1-16-5-6-19(30-23(33)17-3-2-4-18(11-17)25(26,27)28)13-22(16)24(34)31-20-12-21(15-29-14-20)32-7-9-35-10-8-32/h2-6,11-15H,7-10H2,1H3,(H,30,33)(H,31,34). The number of anilines is 3. The Labute approximate surface area is 199 Å². The number of carbonyl (C=O) groups is 2. The second-order valence-corrected chi connectivity index (χ2v) is 8.05. The lowest BCUT2D eigenvalue weighted by molar-refractivity contribution is -0.137. The van der Waals surface area contributed by atoms with Crippen molar-refractivity contribution in [2.24, 2.45) is 0 Å². The summed E-state index contributed by atoms with van der Waals surface area (Å²) in [7, 11) is 0. The van der Waals surface area contributed by atoms with Gasteiger partial charge in [0.2, 0.25) is 0 Å². The van der Waals surface area contributed by atoms with Crippen LogP contribution in [-0.2, 0) is 10.9 Å². The van der Waals surface area contributed by atoms with Gasteiger partial charge in [0, 0.05) is 29.9 Å². The highest BCUT2D eigenvalue weighted by atomic mass is 19.4. The molecule has 182 valence electrons. The highest BCUT2D eigenvalue weighted by Gasteiger charge is 2.31. The van der Waals surface area contributed by atoms with Crippen LogP contribution in [0.15, 0.2) is 60.9 Å². The van der Waals surface area contributed by atoms with Crippen LogP contribution in [0.2, 0.25) is 0 Å². The molecule has 1 aromatic heterocycles. The van der Waals surface area contributed by atoms with Gasteiger partial charge in [-0.1, -0.05) is 12.1 Å². The van der Waals surface area contributed by atoms with Crippen LogP contribution in [0.5, 0.6) is 0 Å². The van der Waals surface area contributed by atoms with Crippen LogP contribution in [0.3, 0.4) is 0 Å². The number of amides is 2. The summed E-state index contributed by atoms with van der Waals surface area (Å²) >= 11 is 0. The number of nitrogens with zero attached hydrogens (tertiary/aromatic N) is 2. The molecule has 2 amide bonds. The zero-order valence-electron chi connectivity index (χ0n) is 18.9. The second kappa shape index (κ2) is 10.1. The number of carbonyl (C=O) groups excluding carboxylic acids is 2. The Balaban J connectivity index is 1.48. The SMILES string of the molecule is Cc1ccc(NC(=O)c2cccc(C(F)(F)F)c2)cc1C(=O)Nc1cncc(N2CCOCC2)c1. The van der Waals surface area contributed by atoms with Crippen molar-refractivity contribution in [3.63, 3.8) is 0 Å². The highest BCUT2D eigenvalue weighted by molar-refractivity contribution is 6.08. The number of hydrogen-bond acceptors (Lipinski definition) is 5. The minimum absolute atomic E-state index is 0.141. The summed E-state index contributed by atoms with van der Waals surface area (Å²) in [6.07, 6.45) is -1.30. The Morgan fingerprint density at radius 2 is 1.69 bits per heavy atom. The maximum Gasteiger partial charge on any atom is 0.416 e. The van der Waals surface area contributed by atoms with Crippen molar-refractivity contribution in [3.05, 3.63) is 83.2 Å². The summed E-state index contributed by atoms with van der Waals surface area (Å²) in [4.78, 5) is 31.8. The van der Waals surface area contributed by atoms with Crippen LogP contribution < -0.4 is 15.5 Å². The zero-order valence-corrected chi connectivity index (χ0v) is 18.9. The molecule has 0 unspecified atom stereocenters. The van der Waals surface area contributed by atoms with Crippen molar-refractivity contribution in [3.8, 4) is 0 Å². The summed E-state index contributed by atoms with van der Waals surface area (Å²) in [6.45, 7) is 4.44. The minimum Gasteiger partial charge on any atom is -0.378 e. The van der Waals surface area contributed by atoms with Gasteiger partial charge in [0.05, 0.1) is 42.5 Å².